The van der Waals surface area contributed by atoms with Gasteiger partial charge >= 0.3 is 0 Å². The Labute approximate surface area is 146 Å². The maximum absolute atomic E-state index is 12.7. The maximum Gasteiger partial charge on any atom is 0.229 e. The van der Waals surface area contributed by atoms with Gasteiger partial charge in [0.2, 0.25) is 11.1 Å². The number of amides is 1. The van der Waals surface area contributed by atoms with Gasteiger partial charge in [0.25, 0.3) is 0 Å². The van der Waals surface area contributed by atoms with Crippen molar-refractivity contribution in [2.45, 2.75) is 38.6 Å². The van der Waals surface area contributed by atoms with Crippen LogP contribution < -0.4 is 4.74 Å². The van der Waals surface area contributed by atoms with Crippen LogP contribution >= 0.6 is 11.6 Å². The number of aromatic nitrogens is 1. The molecular weight excluding hydrogens is 328 g/mol. The zero-order chi connectivity index (χ0) is 17.1. The highest BCUT2D eigenvalue weighted by Gasteiger charge is 2.31. The van der Waals surface area contributed by atoms with Crippen LogP contribution in [0.15, 0.2) is 28.8 Å². The molecule has 0 N–H and O–H groups in total. The molecule has 0 saturated carbocycles. The van der Waals surface area contributed by atoms with E-state index in [1.165, 1.54) is 0 Å². The van der Waals surface area contributed by atoms with E-state index in [0.29, 0.717) is 12.8 Å². The Hall–Kier alpha value is -2.01. The Balaban J connectivity index is 1.72. The van der Waals surface area contributed by atoms with E-state index in [1.54, 1.807) is 7.11 Å². The van der Waals surface area contributed by atoms with E-state index in [2.05, 4.69) is 5.16 Å². The van der Waals surface area contributed by atoms with Crippen molar-refractivity contribution in [1.82, 2.24) is 10.1 Å². The number of likely N-dealkylation sites (tertiary alicyclic amines) is 1. The van der Waals surface area contributed by atoms with Gasteiger partial charge < -0.3 is 14.2 Å². The molecule has 0 radical (unpaired) electrons. The number of aryl methyl sites for hydroxylation is 1. The van der Waals surface area contributed by atoms with Gasteiger partial charge in [-0.1, -0.05) is 23.4 Å². The van der Waals surface area contributed by atoms with E-state index in [0.717, 1.165) is 42.0 Å². The summed E-state index contributed by atoms with van der Waals surface area (Å²) in [6.07, 6.45) is 2.90. The number of carbonyl (C=O) groups is 1. The minimum absolute atomic E-state index is 0.0766. The van der Waals surface area contributed by atoms with E-state index < -0.39 is 0 Å². The van der Waals surface area contributed by atoms with Crippen LogP contribution in [0, 0.1) is 6.92 Å². The molecule has 24 heavy (non-hydrogen) atoms. The van der Waals surface area contributed by atoms with Crippen LogP contribution in [0.1, 0.15) is 42.1 Å². The van der Waals surface area contributed by atoms with Crippen molar-refractivity contribution < 1.29 is 14.1 Å². The molecule has 0 spiro atoms. The molecule has 0 aliphatic carbocycles. The van der Waals surface area contributed by atoms with Gasteiger partial charge in [0.15, 0.2) is 0 Å². The van der Waals surface area contributed by atoms with Gasteiger partial charge in [-0.05, 0) is 43.9 Å². The van der Waals surface area contributed by atoms with Crippen molar-refractivity contribution in [3.05, 3.63) is 46.3 Å². The summed E-state index contributed by atoms with van der Waals surface area (Å²) in [5, 5.41) is 4.11. The first kappa shape index (κ1) is 16.8. The molecule has 1 fully saturated rings. The minimum Gasteiger partial charge on any atom is -0.496 e. The van der Waals surface area contributed by atoms with E-state index in [1.807, 2.05) is 36.1 Å². The fraction of sp³-hybridized carbons (Fsp3) is 0.444. The average Bonchev–Trinajstić information content (AvgIpc) is 3.20. The fourth-order valence-electron chi connectivity index (χ4n) is 3.35. The van der Waals surface area contributed by atoms with Crippen molar-refractivity contribution >= 4 is 17.5 Å². The third-order valence-electron chi connectivity index (χ3n) is 4.60. The molecule has 1 aromatic heterocycles. The monoisotopic (exact) mass is 348 g/mol. The van der Waals surface area contributed by atoms with Crippen molar-refractivity contribution in [1.29, 1.82) is 0 Å². The van der Waals surface area contributed by atoms with Gasteiger partial charge in [0.1, 0.15) is 5.75 Å². The predicted octanol–water partition coefficient (Wildman–Crippen LogP) is 3.94. The largest absolute Gasteiger partial charge is 0.496 e. The zero-order valence-electron chi connectivity index (χ0n) is 13.9. The SMILES string of the molecule is COc1ccccc1C1CCCN1C(=O)CCc1c(C)noc1Cl. The summed E-state index contributed by atoms with van der Waals surface area (Å²) < 4.78 is 10.4. The second-order valence-electron chi connectivity index (χ2n) is 6.01. The number of hydrogen-bond donors (Lipinski definition) is 0. The van der Waals surface area contributed by atoms with Gasteiger partial charge in [0.05, 0.1) is 18.8 Å². The number of rotatable bonds is 5. The first-order valence-corrected chi connectivity index (χ1v) is 8.52. The molecule has 1 aliphatic heterocycles. The zero-order valence-corrected chi connectivity index (χ0v) is 14.7. The van der Waals surface area contributed by atoms with Crippen LogP contribution in [0.3, 0.4) is 0 Å². The number of carbonyl (C=O) groups excluding carboxylic acids is 1. The number of nitrogens with zero attached hydrogens (tertiary/aromatic N) is 2. The fourth-order valence-corrected chi connectivity index (χ4v) is 3.61. The molecule has 1 saturated heterocycles. The molecule has 1 atom stereocenters. The molecule has 1 unspecified atom stereocenters. The molecule has 2 aromatic rings. The first-order chi connectivity index (χ1) is 11.6. The lowest BCUT2D eigenvalue weighted by Gasteiger charge is -2.26. The molecule has 1 amide bonds. The Kier molecular flexibility index (Phi) is 5.09. The molecule has 0 bridgehead atoms. The van der Waals surface area contributed by atoms with Crippen LogP contribution in [0.25, 0.3) is 0 Å². The number of methoxy groups -OCH3 is 1. The smallest absolute Gasteiger partial charge is 0.229 e. The standard InChI is InChI=1S/C18H21ClN2O3/c1-12-13(18(19)24-20-12)9-10-17(22)21-11-5-7-15(21)14-6-3-4-8-16(14)23-2/h3-4,6,8,15H,5,7,9-11H2,1-2H3. The summed E-state index contributed by atoms with van der Waals surface area (Å²) in [6.45, 7) is 2.61. The van der Waals surface area contributed by atoms with E-state index in [9.17, 15) is 4.79 Å². The predicted molar refractivity (Wildman–Crippen MR) is 91.3 cm³/mol. The summed E-state index contributed by atoms with van der Waals surface area (Å²) in [5.41, 5.74) is 2.64. The lowest BCUT2D eigenvalue weighted by Crippen LogP contribution is -2.31. The second-order valence-corrected chi connectivity index (χ2v) is 6.35. The maximum atomic E-state index is 12.7. The highest BCUT2D eigenvalue weighted by molar-refractivity contribution is 6.29. The minimum atomic E-state index is 0.0766. The van der Waals surface area contributed by atoms with Gasteiger partial charge in [-0.2, -0.15) is 0 Å². The lowest BCUT2D eigenvalue weighted by molar-refractivity contribution is -0.132. The van der Waals surface area contributed by atoms with Crippen molar-refractivity contribution in [2.24, 2.45) is 0 Å². The molecule has 1 aromatic carbocycles. The average molecular weight is 349 g/mol. The number of benzene rings is 1. The summed E-state index contributed by atoms with van der Waals surface area (Å²) in [6, 6.07) is 7.99. The normalized spacial score (nSPS) is 17.3. The molecule has 5 nitrogen and oxygen atoms in total. The van der Waals surface area contributed by atoms with Gasteiger partial charge in [-0.15, -0.1) is 0 Å². The summed E-state index contributed by atoms with van der Waals surface area (Å²) in [7, 11) is 1.66. The molecular formula is C18H21ClN2O3. The summed E-state index contributed by atoms with van der Waals surface area (Å²) in [4.78, 5) is 14.7. The Bertz CT molecular complexity index is 709. The highest BCUT2D eigenvalue weighted by atomic mass is 35.5. The number of ether oxygens (including phenoxy) is 1. The quantitative estimate of drug-likeness (QED) is 0.821. The van der Waals surface area contributed by atoms with Crippen LogP contribution in [-0.4, -0.2) is 29.6 Å². The highest BCUT2D eigenvalue weighted by Crippen LogP contribution is 2.37. The van der Waals surface area contributed by atoms with E-state index in [-0.39, 0.29) is 17.2 Å². The number of para-hydroxylation sites is 1. The van der Waals surface area contributed by atoms with Gasteiger partial charge in [0, 0.05) is 24.1 Å². The molecule has 2 heterocycles. The van der Waals surface area contributed by atoms with Crippen LogP contribution in [0.2, 0.25) is 5.22 Å². The summed E-state index contributed by atoms with van der Waals surface area (Å²) in [5.74, 6) is 0.959. The number of halogens is 1. The topological polar surface area (TPSA) is 55.6 Å². The second kappa shape index (κ2) is 7.26. The van der Waals surface area contributed by atoms with Crippen LogP contribution in [0.4, 0.5) is 0 Å². The third-order valence-corrected chi connectivity index (χ3v) is 4.89. The van der Waals surface area contributed by atoms with Crippen molar-refractivity contribution in [3.8, 4) is 5.75 Å². The summed E-state index contributed by atoms with van der Waals surface area (Å²) >= 11 is 5.98. The Morgan fingerprint density at radius 2 is 2.25 bits per heavy atom. The molecule has 3 rings (SSSR count). The van der Waals surface area contributed by atoms with Gasteiger partial charge in [-0.3, -0.25) is 4.79 Å². The van der Waals surface area contributed by atoms with Gasteiger partial charge in [-0.25, -0.2) is 0 Å². The molecule has 6 heteroatoms. The first-order valence-electron chi connectivity index (χ1n) is 8.15. The molecule has 1 aliphatic rings. The lowest BCUT2D eigenvalue weighted by atomic mass is 10.0. The third kappa shape index (κ3) is 3.26. The van der Waals surface area contributed by atoms with E-state index >= 15 is 0 Å². The van der Waals surface area contributed by atoms with E-state index in [4.69, 9.17) is 20.9 Å². The Morgan fingerprint density at radius 1 is 1.46 bits per heavy atom. The van der Waals surface area contributed by atoms with Crippen LogP contribution in [-0.2, 0) is 11.2 Å². The number of hydrogen-bond acceptors (Lipinski definition) is 4. The van der Waals surface area contributed by atoms with Crippen molar-refractivity contribution in [2.75, 3.05) is 13.7 Å². The van der Waals surface area contributed by atoms with Crippen molar-refractivity contribution in [3.63, 3.8) is 0 Å². The Morgan fingerprint density at radius 3 is 2.96 bits per heavy atom. The molecule has 128 valence electrons. The van der Waals surface area contributed by atoms with Crippen LogP contribution in [0.5, 0.6) is 5.75 Å².